The maximum atomic E-state index is 10.8. The molecule has 1 N–H and O–H groups in total. The first-order valence-electron chi connectivity index (χ1n) is 8.10. The van der Waals surface area contributed by atoms with Crippen molar-refractivity contribution in [2.75, 3.05) is 0 Å². The number of rotatable bonds is 5. The summed E-state index contributed by atoms with van der Waals surface area (Å²) in [5.74, 6) is 0. The number of aromatic nitrogens is 4. The number of imidazole rings is 1. The summed E-state index contributed by atoms with van der Waals surface area (Å²) in [6.07, 6.45) is 6.59. The van der Waals surface area contributed by atoms with E-state index in [0.29, 0.717) is 6.42 Å². The Kier molecular flexibility index (Phi) is 3.50. The molecule has 1 aliphatic heterocycles. The fourth-order valence-corrected chi connectivity index (χ4v) is 3.53. The van der Waals surface area contributed by atoms with Gasteiger partial charge in [0.15, 0.2) is 0 Å². The molecule has 2 atom stereocenters. The lowest BCUT2D eigenvalue weighted by molar-refractivity contribution is 0.143. The molecule has 0 saturated carbocycles. The zero-order chi connectivity index (χ0) is 15.8. The van der Waals surface area contributed by atoms with E-state index in [0.717, 1.165) is 24.4 Å². The molecule has 3 heterocycles. The van der Waals surface area contributed by atoms with Gasteiger partial charge in [-0.15, -0.1) is 0 Å². The van der Waals surface area contributed by atoms with E-state index >= 15 is 0 Å². The summed E-state index contributed by atoms with van der Waals surface area (Å²) in [4.78, 5) is 4.27. The van der Waals surface area contributed by atoms with E-state index in [1.807, 2.05) is 29.3 Å². The molecule has 1 aliphatic rings. The summed E-state index contributed by atoms with van der Waals surface area (Å²) in [6.45, 7) is 2.94. The van der Waals surface area contributed by atoms with Gasteiger partial charge < -0.3 is 9.67 Å². The molecule has 23 heavy (non-hydrogen) atoms. The zero-order valence-electron chi connectivity index (χ0n) is 13.1. The fraction of sp³-hybridized carbons (Fsp3) is 0.333. The van der Waals surface area contributed by atoms with Gasteiger partial charge in [-0.2, -0.15) is 5.10 Å². The molecule has 5 heteroatoms. The molecular formula is C18H20N4O. The maximum Gasteiger partial charge on any atom is 0.0979 e. The number of hydrogen-bond acceptors (Lipinski definition) is 3. The van der Waals surface area contributed by atoms with Crippen LogP contribution in [0.25, 0.3) is 11.3 Å². The second-order valence-corrected chi connectivity index (χ2v) is 6.02. The summed E-state index contributed by atoms with van der Waals surface area (Å²) in [6, 6.07) is 10.4. The van der Waals surface area contributed by atoms with E-state index in [1.54, 1.807) is 6.20 Å². The van der Waals surface area contributed by atoms with Crippen LogP contribution in [0.5, 0.6) is 0 Å². The molecular weight excluding hydrogens is 288 g/mol. The van der Waals surface area contributed by atoms with Crippen molar-refractivity contribution in [3.8, 4) is 11.3 Å². The average Bonchev–Trinajstić information content (AvgIpc) is 3.26. The summed E-state index contributed by atoms with van der Waals surface area (Å²) >= 11 is 0. The minimum absolute atomic E-state index is 0.115. The first-order valence-corrected chi connectivity index (χ1v) is 8.10. The lowest BCUT2D eigenvalue weighted by Crippen LogP contribution is -2.14. The zero-order valence-corrected chi connectivity index (χ0v) is 13.1. The van der Waals surface area contributed by atoms with Gasteiger partial charge in [0.25, 0.3) is 0 Å². The van der Waals surface area contributed by atoms with Crippen molar-refractivity contribution in [2.45, 2.75) is 38.5 Å². The van der Waals surface area contributed by atoms with Gasteiger partial charge in [-0.25, -0.2) is 4.98 Å². The summed E-state index contributed by atoms with van der Waals surface area (Å²) in [7, 11) is 0. The lowest BCUT2D eigenvalue weighted by atomic mass is 9.97. The number of hydrogen-bond donors (Lipinski definition) is 1. The monoisotopic (exact) mass is 308 g/mol. The normalized spacial score (nSPS) is 17.0. The Balaban J connectivity index is 1.65. The Labute approximate surface area is 135 Å². The van der Waals surface area contributed by atoms with Crippen LogP contribution in [0, 0.1) is 0 Å². The molecule has 0 radical (unpaired) electrons. The van der Waals surface area contributed by atoms with E-state index in [9.17, 15) is 5.11 Å². The highest BCUT2D eigenvalue weighted by molar-refractivity contribution is 5.68. The predicted molar refractivity (Wildman–Crippen MR) is 87.9 cm³/mol. The van der Waals surface area contributed by atoms with Gasteiger partial charge in [0, 0.05) is 24.7 Å². The molecule has 0 unspecified atom stereocenters. The van der Waals surface area contributed by atoms with Gasteiger partial charge in [0.05, 0.1) is 36.1 Å². The van der Waals surface area contributed by atoms with E-state index in [2.05, 4.69) is 39.8 Å². The summed E-state index contributed by atoms with van der Waals surface area (Å²) in [5, 5.41) is 15.1. The molecule has 2 aromatic heterocycles. The van der Waals surface area contributed by atoms with Crippen LogP contribution < -0.4 is 0 Å². The van der Waals surface area contributed by atoms with Crippen molar-refractivity contribution >= 4 is 0 Å². The Morgan fingerprint density at radius 3 is 3.00 bits per heavy atom. The fourth-order valence-electron chi connectivity index (χ4n) is 3.53. The van der Waals surface area contributed by atoms with Gasteiger partial charge in [-0.1, -0.05) is 31.2 Å². The van der Waals surface area contributed by atoms with Gasteiger partial charge >= 0.3 is 0 Å². The van der Waals surface area contributed by atoms with E-state index in [-0.39, 0.29) is 6.04 Å². The van der Waals surface area contributed by atoms with E-state index < -0.39 is 6.10 Å². The SMILES string of the molecule is CCCn1nccc1[C@H](O)C[C@@H]1c2ccccc2-c2cncn21. The van der Waals surface area contributed by atoms with Crippen LogP contribution in [0.15, 0.2) is 49.1 Å². The first-order chi connectivity index (χ1) is 11.3. The molecule has 4 rings (SSSR count). The van der Waals surface area contributed by atoms with Gasteiger partial charge in [-0.3, -0.25) is 4.68 Å². The summed E-state index contributed by atoms with van der Waals surface area (Å²) < 4.78 is 4.06. The van der Waals surface area contributed by atoms with Crippen molar-refractivity contribution in [1.29, 1.82) is 0 Å². The van der Waals surface area contributed by atoms with Crippen molar-refractivity contribution in [1.82, 2.24) is 19.3 Å². The third-order valence-corrected chi connectivity index (χ3v) is 4.57. The number of fused-ring (bicyclic) bond motifs is 3. The molecule has 3 aromatic rings. The molecule has 5 nitrogen and oxygen atoms in total. The molecule has 0 fully saturated rings. The quantitative estimate of drug-likeness (QED) is 0.787. The highest BCUT2D eigenvalue weighted by Crippen LogP contribution is 2.42. The van der Waals surface area contributed by atoms with Crippen LogP contribution in [-0.2, 0) is 6.54 Å². The molecule has 0 aliphatic carbocycles. The number of aliphatic hydroxyl groups excluding tert-OH is 1. The van der Waals surface area contributed by atoms with Crippen LogP contribution in [-0.4, -0.2) is 24.4 Å². The number of benzene rings is 1. The topological polar surface area (TPSA) is 55.9 Å². The number of nitrogens with zero attached hydrogens (tertiary/aromatic N) is 4. The third kappa shape index (κ3) is 2.28. The van der Waals surface area contributed by atoms with Crippen molar-refractivity contribution in [3.05, 3.63) is 60.3 Å². The van der Waals surface area contributed by atoms with Gasteiger partial charge in [-0.05, 0) is 18.1 Å². The Morgan fingerprint density at radius 1 is 1.26 bits per heavy atom. The highest BCUT2D eigenvalue weighted by Gasteiger charge is 2.30. The maximum absolute atomic E-state index is 10.8. The van der Waals surface area contributed by atoms with Crippen LogP contribution in [0.2, 0.25) is 0 Å². The molecule has 1 aromatic carbocycles. The second-order valence-electron chi connectivity index (χ2n) is 6.02. The van der Waals surface area contributed by atoms with Crippen LogP contribution >= 0.6 is 0 Å². The van der Waals surface area contributed by atoms with E-state index in [1.165, 1.54) is 11.1 Å². The Hall–Kier alpha value is -2.40. The molecule has 0 spiro atoms. The number of aryl methyl sites for hydroxylation is 1. The minimum atomic E-state index is -0.546. The average molecular weight is 308 g/mol. The Bertz CT molecular complexity index is 820. The standard InChI is InChI=1S/C18H20N4O/c1-2-9-22-15(7-8-20-22)18(23)10-16-13-5-3-4-6-14(13)17-11-19-12-21(16)17/h3-8,11-12,16,18,23H,2,9-10H2,1H3/t16-,18-/m1/s1. The lowest BCUT2D eigenvalue weighted by Gasteiger charge is -2.20. The number of aliphatic hydroxyl groups is 1. The van der Waals surface area contributed by atoms with Crippen molar-refractivity contribution in [2.24, 2.45) is 0 Å². The molecule has 0 bridgehead atoms. The second kappa shape index (κ2) is 5.66. The van der Waals surface area contributed by atoms with Crippen LogP contribution in [0.4, 0.5) is 0 Å². The smallest absolute Gasteiger partial charge is 0.0979 e. The van der Waals surface area contributed by atoms with Gasteiger partial charge in [0.2, 0.25) is 0 Å². The highest BCUT2D eigenvalue weighted by atomic mass is 16.3. The van der Waals surface area contributed by atoms with E-state index in [4.69, 9.17) is 0 Å². The first kappa shape index (κ1) is 14.2. The van der Waals surface area contributed by atoms with Crippen LogP contribution in [0.3, 0.4) is 0 Å². The third-order valence-electron chi connectivity index (χ3n) is 4.57. The van der Waals surface area contributed by atoms with Crippen molar-refractivity contribution < 1.29 is 5.11 Å². The molecule has 0 saturated heterocycles. The predicted octanol–water partition coefficient (Wildman–Crippen LogP) is 3.18. The Morgan fingerprint density at radius 2 is 2.13 bits per heavy atom. The molecule has 0 amide bonds. The summed E-state index contributed by atoms with van der Waals surface area (Å²) in [5.41, 5.74) is 4.48. The van der Waals surface area contributed by atoms with Crippen LogP contribution in [0.1, 0.15) is 43.2 Å². The minimum Gasteiger partial charge on any atom is -0.387 e. The largest absolute Gasteiger partial charge is 0.387 e. The molecule has 118 valence electrons. The van der Waals surface area contributed by atoms with Crippen molar-refractivity contribution in [3.63, 3.8) is 0 Å². The van der Waals surface area contributed by atoms with Gasteiger partial charge in [0.1, 0.15) is 0 Å².